The second kappa shape index (κ2) is 5.51. The third kappa shape index (κ3) is 4.36. The Morgan fingerprint density at radius 1 is 1.59 bits per heavy atom. The SMILES string of the molecule is C=CCNC1CN(C(=O)OC(C)(C)C)CC1O. The van der Waals surface area contributed by atoms with Gasteiger partial charge in [-0.05, 0) is 20.8 Å². The second-order valence-electron chi connectivity index (χ2n) is 5.26. The van der Waals surface area contributed by atoms with Crippen LogP contribution in [0.1, 0.15) is 20.8 Å². The first-order valence-electron chi connectivity index (χ1n) is 5.84. The molecule has 5 nitrogen and oxygen atoms in total. The van der Waals surface area contributed by atoms with Crippen LogP contribution in [-0.2, 0) is 4.74 Å². The van der Waals surface area contributed by atoms with Gasteiger partial charge < -0.3 is 20.1 Å². The number of β-amino-alcohol motifs (C(OH)–C–C–N with tert-alkyl or cyclic N) is 1. The Balaban J connectivity index is 2.47. The number of ether oxygens (including phenoxy) is 1. The van der Waals surface area contributed by atoms with Crippen LogP contribution < -0.4 is 5.32 Å². The van der Waals surface area contributed by atoms with E-state index in [0.717, 1.165) is 0 Å². The van der Waals surface area contributed by atoms with Crippen LogP contribution in [0.5, 0.6) is 0 Å². The molecule has 2 unspecified atom stereocenters. The van der Waals surface area contributed by atoms with E-state index in [2.05, 4.69) is 11.9 Å². The van der Waals surface area contributed by atoms with E-state index in [0.29, 0.717) is 19.6 Å². The quantitative estimate of drug-likeness (QED) is 0.717. The summed E-state index contributed by atoms with van der Waals surface area (Å²) in [6.07, 6.45) is 0.796. The zero-order chi connectivity index (χ0) is 13.1. The van der Waals surface area contributed by atoms with Crippen molar-refractivity contribution in [1.82, 2.24) is 10.2 Å². The summed E-state index contributed by atoms with van der Waals surface area (Å²) in [6, 6.07) is -0.111. The summed E-state index contributed by atoms with van der Waals surface area (Å²) in [5.41, 5.74) is -0.505. The van der Waals surface area contributed by atoms with Crippen LogP contribution in [0.15, 0.2) is 12.7 Å². The van der Waals surface area contributed by atoms with E-state index in [9.17, 15) is 9.90 Å². The van der Waals surface area contributed by atoms with E-state index < -0.39 is 11.7 Å². The molecule has 0 radical (unpaired) electrons. The highest BCUT2D eigenvalue weighted by Crippen LogP contribution is 2.15. The monoisotopic (exact) mass is 242 g/mol. The Morgan fingerprint density at radius 3 is 2.76 bits per heavy atom. The van der Waals surface area contributed by atoms with E-state index in [-0.39, 0.29) is 12.1 Å². The summed E-state index contributed by atoms with van der Waals surface area (Å²) in [4.78, 5) is 13.3. The first-order valence-corrected chi connectivity index (χ1v) is 5.84. The summed E-state index contributed by atoms with van der Waals surface area (Å²) in [5.74, 6) is 0. The van der Waals surface area contributed by atoms with Crippen LogP contribution in [0.4, 0.5) is 4.79 Å². The molecular weight excluding hydrogens is 220 g/mol. The van der Waals surface area contributed by atoms with Crippen LogP contribution >= 0.6 is 0 Å². The minimum absolute atomic E-state index is 0.111. The standard InChI is InChI=1S/C12H22N2O3/c1-5-6-13-9-7-14(8-10(9)15)11(16)17-12(2,3)4/h5,9-10,13,15H,1,6-8H2,2-4H3. The minimum Gasteiger partial charge on any atom is -0.444 e. The van der Waals surface area contributed by atoms with E-state index >= 15 is 0 Å². The van der Waals surface area contributed by atoms with E-state index in [1.807, 2.05) is 20.8 Å². The molecule has 1 aliphatic rings. The van der Waals surface area contributed by atoms with Gasteiger partial charge in [0, 0.05) is 13.1 Å². The third-order valence-corrected chi connectivity index (χ3v) is 2.47. The smallest absolute Gasteiger partial charge is 0.410 e. The molecule has 1 saturated heterocycles. The highest BCUT2D eigenvalue weighted by molar-refractivity contribution is 5.68. The normalized spacial score (nSPS) is 24.8. The lowest BCUT2D eigenvalue weighted by Crippen LogP contribution is -2.40. The molecule has 0 bridgehead atoms. The average Bonchev–Trinajstić information content (AvgIpc) is 2.54. The molecule has 1 aliphatic heterocycles. The van der Waals surface area contributed by atoms with Gasteiger partial charge in [-0.1, -0.05) is 6.08 Å². The number of aliphatic hydroxyl groups is 1. The third-order valence-electron chi connectivity index (χ3n) is 2.47. The molecule has 0 aromatic rings. The van der Waals surface area contributed by atoms with E-state index in [1.54, 1.807) is 6.08 Å². The molecule has 0 aromatic carbocycles. The Morgan fingerprint density at radius 2 is 2.24 bits per heavy atom. The fourth-order valence-corrected chi connectivity index (χ4v) is 1.70. The van der Waals surface area contributed by atoms with Gasteiger partial charge in [-0.3, -0.25) is 0 Å². The summed E-state index contributed by atoms with van der Waals surface area (Å²) in [5, 5.41) is 12.9. The first kappa shape index (κ1) is 14.0. The van der Waals surface area contributed by atoms with Crippen molar-refractivity contribution >= 4 is 6.09 Å². The maximum absolute atomic E-state index is 11.8. The van der Waals surface area contributed by atoms with Crippen molar-refractivity contribution in [2.75, 3.05) is 19.6 Å². The van der Waals surface area contributed by atoms with Crippen molar-refractivity contribution in [2.45, 2.75) is 38.5 Å². The lowest BCUT2D eigenvalue weighted by atomic mass is 10.2. The fourth-order valence-electron chi connectivity index (χ4n) is 1.70. The molecule has 2 N–H and O–H groups in total. The summed E-state index contributed by atoms with van der Waals surface area (Å²) >= 11 is 0. The number of hydrogen-bond donors (Lipinski definition) is 2. The highest BCUT2D eigenvalue weighted by atomic mass is 16.6. The van der Waals surface area contributed by atoms with Crippen molar-refractivity contribution < 1.29 is 14.6 Å². The van der Waals surface area contributed by atoms with Gasteiger partial charge in [0.1, 0.15) is 5.60 Å². The van der Waals surface area contributed by atoms with Gasteiger partial charge in [-0.2, -0.15) is 0 Å². The molecule has 1 heterocycles. The predicted molar refractivity (Wildman–Crippen MR) is 65.8 cm³/mol. The summed E-state index contributed by atoms with van der Waals surface area (Å²) < 4.78 is 5.25. The second-order valence-corrected chi connectivity index (χ2v) is 5.26. The molecule has 0 aromatic heterocycles. The van der Waals surface area contributed by atoms with Crippen LogP contribution in [0.2, 0.25) is 0 Å². The summed E-state index contributed by atoms with van der Waals surface area (Å²) in [7, 11) is 0. The molecule has 17 heavy (non-hydrogen) atoms. The Kier molecular flexibility index (Phi) is 4.54. The maximum atomic E-state index is 11.8. The molecule has 98 valence electrons. The van der Waals surface area contributed by atoms with Crippen LogP contribution in [0.3, 0.4) is 0 Å². The molecule has 5 heteroatoms. The van der Waals surface area contributed by atoms with Crippen LogP contribution in [-0.4, -0.2) is 53.5 Å². The molecule has 2 atom stereocenters. The largest absolute Gasteiger partial charge is 0.444 e. The van der Waals surface area contributed by atoms with Crippen molar-refractivity contribution in [3.8, 4) is 0 Å². The zero-order valence-corrected chi connectivity index (χ0v) is 10.8. The number of aliphatic hydroxyl groups excluding tert-OH is 1. The number of carbonyl (C=O) groups excluding carboxylic acids is 1. The minimum atomic E-state index is -0.553. The predicted octanol–water partition coefficient (Wildman–Crippen LogP) is 0.742. The number of rotatable bonds is 3. The Hall–Kier alpha value is -1.07. The average molecular weight is 242 g/mol. The zero-order valence-electron chi connectivity index (χ0n) is 10.8. The van der Waals surface area contributed by atoms with Gasteiger partial charge in [-0.15, -0.1) is 6.58 Å². The fraction of sp³-hybridized carbons (Fsp3) is 0.750. The Bertz CT molecular complexity index is 286. The van der Waals surface area contributed by atoms with Crippen LogP contribution in [0, 0.1) is 0 Å². The molecule has 0 aliphatic carbocycles. The van der Waals surface area contributed by atoms with Gasteiger partial charge in [0.25, 0.3) is 0 Å². The number of likely N-dealkylation sites (tertiary alicyclic amines) is 1. The number of nitrogens with zero attached hydrogens (tertiary/aromatic N) is 1. The van der Waals surface area contributed by atoms with Crippen molar-refractivity contribution in [2.24, 2.45) is 0 Å². The van der Waals surface area contributed by atoms with Crippen molar-refractivity contribution in [3.63, 3.8) is 0 Å². The number of nitrogens with one attached hydrogen (secondary N) is 1. The lowest BCUT2D eigenvalue weighted by molar-refractivity contribution is 0.0270. The molecular formula is C12H22N2O3. The highest BCUT2D eigenvalue weighted by Gasteiger charge is 2.35. The summed E-state index contributed by atoms with van der Waals surface area (Å²) in [6.45, 7) is 10.5. The van der Waals surface area contributed by atoms with Gasteiger partial charge >= 0.3 is 6.09 Å². The maximum Gasteiger partial charge on any atom is 0.410 e. The first-order chi connectivity index (χ1) is 7.83. The number of amides is 1. The Labute approximate surface area is 102 Å². The number of hydrogen-bond acceptors (Lipinski definition) is 4. The molecule has 0 saturated carbocycles. The van der Waals surface area contributed by atoms with E-state index in [1.165, 1.54) is 4.90 Å². The van der Waals surface area contributed by atoms with Crippen LogP contribution in [0.25, 0.3) is 0 Å². The molecule has 1 amide bonds. The molecule has 1 fully saturated rings. The van der Waals surface area contributed by atoms with Crippen molar-refractivity contribution in [3.05, 3.63) is 12.7 Å². The van der Waals surface area contributed by atoms with Gasteiger partial charge in [-0.25, -0.2) is 4.79 Å². The van der Waals surface area contributed by atoms with E-state index in [4.69, 9.17) is 4.74 Å². The molecule has 1 rings (SSSR count). The molecule has 0 spiro atoms. The lowest BCUT2D eigenvalue weighted by Gasteiger charge is -2.24. The van der Waals surface area contributed by atoms with Gasteiger partial charge in [0.2, 0.25) is 0 Å². The number of carbonyl (C=O) groups is 1. The van der Waals surface area contributed by atoms with Crippen molar-refractivity contribution in [1.29, 1.82) is 0 Å². The topological polar surface area (TPSA) is 61.8 Å². The van der Waals surface area contributed by atoms with Gasteiger partial charge in [0.05, 0.1) is 18.7 Å². The van der Waals surface area contributed by atoms with Gasteiger partial charge in [0.15, 0.2) is 0 Å².